The minimum Gasteiger partial charge on any atom is -0.505 e. The summed E-state index contributed by atoms with van der Waals surface area (Å²) in [5.41, 5.74) is 5.52. The Bertz CT molecular complexity index is 1920. The molecule has 0 radical (unpaired) electrons. The van der Waals surface area contributed by atoms with Gasteiger partial charge in [0.2, 0.25) is 0 Å². The van der Waals surface area contributed by atoms with E-state index in [-0.39, 0.29) is 16.9 Å². The number of carbonyl (C=O) groups is 1. The zero-order valence-corrected chi connectivity index (χ0v) is 24.4. The van der Waals surface area contributed by atoms with Crippen LogP contribution >= 0.6 is 11.8 Å². The van der Waals surface area contributed by atoms with Gasteiger partial charge >= 0.3 is 0 Å². The molecule has 0 saturated carbocycles. The van der Waals surface area contributed by atoms with E-state index in [2.05, 4.69) is 31.9 Å². The highest BCUT2D eigenvalue weighted by molar-refractivity contribution is 7.99. The van der Waals surface area contributed by atoms with Gasteiger partial charge < -0.3 is 5.11 Å². The van der Waals surface area contributed by atoms with Gasteiger partial charge in [0.25, 0.3) is 0 Å². The molecule has 0 aliphatic carbocycles. The van der Waals surface area contributed by atoms with Crippen LogP contribution in [0.15, 0.2) is 107 Å². The Hall–Kier alpha value is -4.42. The SMILES string of the molecule is Cc1cc(-n2nc3ccc(Sc4ccc(CC(=O)c5ccc6ccccc6c5)cc4)cc3n2)c(O)c(C(C)(C)C)c1. The average molecular weight is 558 g/mol. The predicted octanol–water partition coefficient (Wildman–Crippen LogP) is 8.46. The number of aryl methyl sites for hydroxylation is 1. The molecule has 0 aliphatic rings. The van der Waals surface area contributed by atoms with Crippen LogP contribution < -0.4 is 0 Å². The summed E-state index contributed by atoms with van der Waals surface area (Å²) in [5.74, 6) is 0.316. The van der Waals surface area contributed by atoms with Crippen LogP contribution in [-0.2, 0) is 11.8 Å². The molecular formula is C35H31N3O2S. The summed E-state index contributed by atoms with van der Waals surface area (Å²) in [6.07, 6.45) is 0.362. The summed E-state index contributed by atoms with van der Waals surface area (Å²) in [7, 11) is 0. The largest absolute Gasteiger partial charge is 0.505 e. The Balaban J connectivity index is 1.18. The van der Waals surface area contributed by atoms with Crippen LogP contribution in [0.2, 0.25) is 0 Å². The lowest BCUT2D eigenvalue weighted by molar-refractivity contribution is 0.0993. The molecule has 0 bridgehead atoms. The molecule has 41 heavy (non-hydrogen) atoms. The van der Waals surface area contributed by atoms with E-state index in [1.54, 1.807) is 11.8 Å². The Morgan fingerprint density at radius 3 is 2.27 bits per heavy atom. The quantitative estimate of drug-likeness (QED) is 0.208. The van der Waals surface area contributed by atoms with Crippen LogP contribution in [0.1, 0.15) is 47.8 Å². The number of aromatic nitrogens is 3. The topological polar surface area (TPSA) is 68.0 Å². The van der Waals surface area contributed by atoms with Crippen LogP contribution in [0.25, 0.3) is 27.5 Å². The van der Waals surface area contributed by atoms with E-state index in [0.717, 1.165) is 53.9 Å². The van der Waals surface area contributed by atoms with Crippen molar-refractivity contribution in [1.29, 1.82) is 0 Å². The fraction of sp³-hybridized carbons (Fsp3) is 0.171. The van der Waals surface area contributed by atoms with Gasteiger partial charge in [-0.2, -0.15) is 0 Å². The first-order valence-electron chi connectivity index (χ1n) is 13.6. The molecule has 1 heterocycles. The molecule has 0 fully saturated rings. The molecule has 6 rings (SSSR count). The van der Waals surface area contributed by atoms with Crippen molar-refractivity contribution in [3.63, 3.8) is 0 Å². The first-order chi connectivity index (χ1) is 19.6. The molecule has 5 aromatic carbocycles. The van der Waals surface area contributed by atoms with Crippen LogP contribution in [-0.4, -0.2) is 25.9 Å². The number of nitrogens with zero attached hydrogens (tertiary/aromatic N) is 3. The van der Waals surface area contributed by atoms with Gasteiger partial charge in [-0.25, -0.2) is 0 Å². The van der Waals surface area contributed by atoms with Crippen molar-refractivity contribution in [2.75, 3.05) is 0 Å². The molecule has 1 N–H and O–H groups in total. The lowest BCUT2D eigenvalue weighted by Crippen LogP contribution is -2.13. The second kappa shape index (κ2) is 10.5. The van der Waals surface area contributed by atoms with E-state index >= 15 is 0 Å². The standard InChI is InChI=1S/C35H31N3O2S/c1-22-17-29(35(2,3)4)34(40)32(18-22)38-36-30-16-15-28(21-31(30)37-38)41-27-13-9-23(10-14-27)19-33(39)26-12-11-24-7-5-6-8-25(24)20-26/h5-18,20-21,40H,19H2,1-4H3. The summed E-state index contributed by atoms with van der Waals surface area (Å²) >= 11 is 1.63. The third-order valence-electron chi connectivity index (χ3n) is 7.20. The first kappa shape index (κ1) is 26.8. The van der Waals surface area contributed by atoms with Crippen molar-refractivity contribution in [3.8, 4) is 11.4 Å². The highest BCUT2D eigenvalue weighted by Gasteiger charge is 2.22. The van der Waals surface area contributed by atoms with Crippen LogP contribution in [0.5, 0.6) is 5.75 Å². The van der Waals surface area contributed by atoms with E-state index in [4.69, 9.17) is 5.10 Å². The molecule has 6 heteroatoms. The smallest absolute Gasteiger partial charge is 0.167 e. The lowest BCUT2D eigenvalue weighted by atomic mass is 9.85. The van der Waals surface area contributed by atoms with Gasteiger partial charge in [-0.3, -0.25) is 4.79 Å². The molecule has 0 aliphatic heterocycles. The fourth-order valence-corrected chi connectivity index (χ4v) is 5.86. The molecule has 0 amide bonds. The summed E-state index contributed by atoms with van der Waals surface area (Å²) in [5, 5.41) is 22.6. The van der Waals surface area contributed by atoms with E-state index in [1.165, 1.54) is 4.80 Å². The van der Waals surface area contributed by atoms with Crippen LogP contribution in [0.3, 0.4) is 0 Å². The monoisotopic (exact) mass is 557 g/mol. The molecule has 0 saturated heterocycles. The average Bonchev–Trinajstić information content (AvgIpc) is 3.37. The third-order valence-corrected chi connectivity index (χ3v) is 8.20. The molecular weight excluding hydrogens is 526 g/mol. The lowest BCUT2D eigenvalue weighted by Gasteiger charge is -2.22. The van der Waals surface area contributed by atoms with Crippen molar-refractivity contribution >= 4 is 39.4 Å². The van der Waals surface area contributed by atoms with Crippen LogP contribution in [0, 0.1) is 6.92 Å². The van der Waals surface area contributed by atoms with Gasteiger partial charge in [0.1, 0.15) is 22.5 Å². The van der Waals surface area contributed by atoms with E-state index in [0.29, 0.717) is 12.1 Å². The summed E-state index contributed by atoms with van der Waals surface area (Å²) in [6.45, 7) is 8.26. The van der Waals surface area contributed by atoms with Gasteiger partial charge in [-0.1, -0.05) is 87.1 Å². The number of hydrogen-bond acceptors (Lipinski definition) is 5. The van der Waals surface area contributed by atoms with Crippen molar-refractivity contribution < 1.29 is 9.90 Å². The number of hydrogen-bond donors (Lipinski definition) is 1. The molecule has 0 atom stereocenters. The highest BCUT2D eigenvalue weighted by atomic mass is 32.2. The maximum atomic E-state index is 12.9. The van der Waals surface area contributed by atoms with Gasteiger partial charge in [0.15, 0.2) is 5.78 Å². The number of Topliss-reactive ketones (excluding diaryl/α,β-unsaturated/α-hetero) is 1. The molecule has 6 aromatic rings. The number of phenols is 1. The number of aromatic hydroxyl groups is 1. The third kappa shape index (κ3) is 5.61. The number of ketones is 1. The van der Waals surface area contributed by atoms with Gasteiger partial charge in [-0.05, 0) is 76.7 Å². The van der Waals surface area contributed by atoms with Gasteiger partial charge in [-0.15, -0.1) is 15.0 Å². The van der Waals surface area contributed by atoms with Crippen molar-refractivity contribution in [2.45, 2.75) is 49.3 Å². The number of phenolic OH excluding ortho intramolecular Hbond substituents is 1. The number of carbonyl (C=O) groups excluding carboxylic acids is 1. The van der Waals surface area contributed by atoms with E-state index in [9.17, 15) is 9.90 Å². The first-order valence-corrected chi connectivity index (χ1v) is 14.5. The minimum atomic E-state index is -0.208. The molecule has 0 spiro atoms. The zero-order valence-electron chi connectivity index (χ0n) is 23.6. The summed E-state index contributed by atoms with van der Waals surface area (Å²) < 4.78 is 0. The molecule has 5 nitrogen and oxygen atoms in total. The maximum Gasteiger partial charge on any atom is 0.167 e. The molecule has 0 unspecified atom stereocenters. The van der Waals surface area contributed by atoms with E-state index in [1.807, 2.05) is 97.9 Å². The van der Waals surface area contributed by atoms with Crippen LogP contribution in [0.4, 0.5) is 0 Å². The van der Waals surface area contributed by atoms with Crippen molar-refractivity contribution in [2.24, 2.45) is 0 Å². The molecule has 1 aromatic heterocycles. The number of benzene rings is 5. The van der Waals surface area contributed by atoms with E-state index < -0.39 is 0 Å². The molecule has 204 valence electrons. The summed E-state index contributed by atoms with van der Waals surface area (Å²) in [6, 6.07) is 32.0. The Morgan fingerprint density at radius 1 is 0.805 bits per heavy atom. The highest BCUT2D eigenvalue weighted by Crippen LogP contribution is 2.36. The zero-order chi connectivity index (χ0) is 28.7. The van der Waals surface area contributed by atoms with Gasteiger partial charge in [0, 0.05) is 27.3 Å². The Kier molecular flexibility index (Phi) is 6.88. The predicted molar refractivity (Wildman–Crippen MR) is 167 cm³/mol. The normalized spacial score (nSPS) is 11.8. The van der Waals surface area contributed by atoms with Crippen molar-refractivity contribution in [1.82, 2.24) is 15.0 Å². The van der Waals surface area contributed by atoms with Crippen molar-refractivity contribution in [3.05, 3.63) is 119 Å². The Morgan fingerprint density at radius 2 is 1.51 bits per heavy atom. The number of rotatable bonds is 6. The van der Waals surface area contributed by atoms with Gasteiger partial charge in [0.05, 0.1) is 0 Å². The Labute approximate surface area is 243 Å². The number of fused-ring (bicyclic) bond motifs is 2. The second-order valence-electron chi connectivity index (χ2n) is 11.5. The maximum absolute atomic E-state index is 12.9. The minimum absolute atomic E-state index is 0.110. The summed E-state index contributed by atoms with van der Waals surface area (Å²) in [4.78, 5) is 16.6. The second-order valence-corrected chi connectivity index (χ2v) is 12.6. The fourth-order valence-electron chi connectivity index (χ4n) is 5.01.